The van der Waals surface area contributed by atoms with Crippen LogP contribution in [0.1, 0.15) is 58.6 Å². The first kappa shape index (κ1) is 21.1. The molecule has 0 aliphatic heterocycles. The van der Waals surface area contributed by atoms with E-state index in [-0.39, 0.29) is 5.82 Å². The van der Waals surface area contributed by atoms with Gasteiger partial charge < -0.3 is 20.1 Å². The Morgan fingerprint density at radius 3 is 2.71 bits per heavy atom. The van der Waals surface area contributed by atoms with E-state index in [1.807, 2.05) is 11.5 Å². The summed E-state index contributed by atoms with van der Waals surface area (Å²) in [6, 6.07) is 0. The maximum atomic E-state index is 10.0. The third kappa shape index (κ3) is 4.49. The number of hydrogen-bond donors (Lipinski definition) is 2. The molecule has 0 saturated heterocycles. The molecule has 0 unspecified atom stereocenters. The van der Waals surface area contributed by atoms with Gasteiger partial charge >= 0.3 is 0 Å². The molecule has 0 aromatic carbocycles. The molecule has 0 spiro atoms. The Balaban J connectivity index is 1.83. The SMILES string of the molecule is CCn1c(-c2nonc2N)nc2c(C#CC(C)(C)O)ncc(OCC3CCCCC3)c21. The van der Waals surface area contributed by atoms with E-state index in [1.54, 1.807) is 20.0 Å². The lowest BCUT2D eigenvalue weighted by Gasteiger charge is -2.22. The predicted molar refractivity (Wildman–Crippen MR) is 116 cm³/mol. The lowest BCUT2D eigenvalue weighted by atomic mass is 9.90. The van der Waals surface area contributed by atoms with Crippen LogP contribution in [0.15, 0.2) is 10.8 Å². The summed E-state index contributed by atoms with van der Waals surface area (Å²) in [5, 5.41) is 17.6. The van der Waals surface area contributed by atoms with Gasteiger partial charge in [-0.25, -0.2) is 14.6 Å². The third-order valence-electron chi connectivity index (χ3n) is 5.46. The maximum Gasteiger partial charge on any atom is 0.199 e. The summed E-state index contributed by atoms with van der Waals surface area (Å²) in [6.07, 6.45) is 7.86. The molecule has 3 aromatic rings. The minimum absolute atomic E-state index is 0.159. The molecular formula is C22H28N6O3. The monoisotopic (exact) mass is 424 g/mol. The Bertz CT molecular complexity index is 1130. The van der Waals surface area contributed by atoms with Gasteiger partial charge in [0.05, 0.1) is 12.8 Å². The Hall–Kier alpha value is -3.12. The fourth-order valence-electron chi connectivity index (χ4n) is 3.92. The van der Waals surface area contributed by atoms with E-state index >= 15 is 0 Å². The number of aromatic nitrogens is 5. The molecule has 164 valence electrons. The maximum absolute atomic E-state index is 10.0. The second-order valence-corrected chi connectivity index (χ2v) is 8.47. The summed E-state index contributed by atoms with van der Waals surface area (Å²) in [6.45, 7) is 6.48. The van der Waals surface area contributed by atoms with E-state index in [9.17, 15) is 5.11 Å². The number of fused-ring (bicyclic) bond motifs is 1. The van der Waals surface area contributed by atoms with Gasteiger partial charge in [0, 0.05) is 6.54 Å². The van der Waals surface area contributed by atoms with Crippen LogP contribution in [0.3, 0.4) is 0 Å². The smallest absolute Gasteiger partial charge is 0.199 e. The number of pyridine rings is 1. The van der Waals surface area contributed by atoms with E-state index in [2.05, 4.69) is 27.1 Å². The lowest BCUT2D eigenvalue weighted by Crippen LogP contribution is -2.16. The third-order valence-corrected chi connectivity index (χ3v) is 5.46. The quantitative estimate of drug-likeness (QED) is 0.598. The number of imidazole rings is 1. The van der Waals surface area contributed by atoms with Crippen LogP contribution in [0.5, 0.6) is 5.75 Å². The number of ether oxygens (including phenoxy) is 1. The molecule has 1 aliphatic rings. The average molecular weight is 425 g/mol. The van der Waals surface area contributed by atoms with Crippen molar-refractivity contribution in [3.8, 4) is 29.1 Å². The van der Waals surface area contributed by atoms with Crippen molar-refractivity contribution in [2.45, 2.75) is 65.0 Å². The molecule has 0 radical (unpaired) electrons. The number of hydrogen-bond acceptors (Lipinski definition) is 8. The highest BCUT2D eigenvalue weighted by atomic mass is 16.6. The summed E-state index contributed by atoms with van der Waals surface area (Å²) in [5.74, 6) is 7.62. The molecular weight excluding hydrogens is 396 g/mol. The lowest BCUT2D eigenvalue weighted by molar-refractivity contribution is 0.143. The van der Waals surface area contributed by atoms with Gasteiger partial charge in [-0.2, -0.15) is 0 Å². The van der Waals surface area contributed by atoms with Gasteiger partial charge in [-0.1, -0.05) is 25.2 Å². The van der Waals surface area contributed by atoms with Crippen LogP contribution in [0.4, 0.5) is 5.82 Å². The van der Waals surface area contributed by atoms with E-state index < -0.39 is 5.60 Å². The summed E-state index contributed by atoms with van der Waals surface area (Å²) >= 11 is 0. The van der Waals surface area contributed by atoms with E-state index in [4.69, 9.17) is 20.1 Å². The van der Waals surface area contributed by atoms with Crippen LogP contribution < -0.4 is 10.5 Å². The molecule has 4 rings (SSSR count). The topological polar surface area (TPSA) is 125 Å². The molecule has 0 atom stereocenters. The van der Waals surface area contributed by atoms with Crippen molar-refractivity contribution in [3.63, 3.8) is 0 Å². The van der Waals surface area contributed by atoms with Gasteiger partial charge in [-0.3, -0.25) is 0 Å². The van der Waals surface area contributed by atoms with Crippen molar-refractivity contribution in [2.24, 2.45) is 5.92 Å². The summed E-state index contributed by atoms with van der Waals surface area (Å²) in [4.78, 5) is 9.23. The Morgan fingerprint density at radius 2 is 2.06 bits per heavy atom. The van der Waals surface area contributed by atoms with Gasteiger partial charge in [0.2, 0.25) is 0 Å². The number of aliphatic hydroxyl groups is 1. The first-order valence-electron chi connectivity index (χ1n) is 10.7. The second kappa shape index (κ2) is 8.55. The van der Waals surface area contributed by atoms with Crippen molar-refractivity contribution in [2.75, 3.05) is 12.3 Å². The van der Waals surface area contributed by atoms with Crippen molar-refractivity contribution < 1.29 is 14.5 Å². The highest BCUT2D eigenvalue weighted by molar-refractivity contribution is 5.89. The first-order valence-corrected chi connectivity index (χ1v) is 10.7. The van der Waals surface area contributed by atoms with Crippen LogP contribution >= 0.6 is 0 Å². The number of aryl methyl sites for hydroxylation is 1. The molecule has 31 heavy (non-hydrogen) atoms. The van der Waals surface area contributed by atoms with Crippen LogP contribution in [-0.4, -0.2) is 42.2 Å². The van der Waals surface area contributed by atoms with Crippen molar-refractivity contribution in [1.82, 2.24) is 24.8 Å². The van der Waals surface area contributed by atoms with Gasteiger partial charge in [0.15, 0.2) is 23.1 Å². The van der Waals surface area contributed by atoms with Gasteiger partial charge in [0.1, 0.15) is 22.3 Å². The highest BCUT2D eigenvalue weighted by Gasteiger charge is 2.24. The minimum atomic E-state index is -1.15. The van der Waals surface area contributed by atoms with Gasteiger partial charge in [-0.05, 0) is 55.8 Å². The van der Waals surface area contributed by atoms with E-state index in [0.29, 0.717) is 47.5 Å². The van der Waals surface area contributed by atoms with Crippen LogP contribution in [0.2, 0.25) is 0 Å². The van der Waals surface area contributed by atoms with Gasteiger partial charge in [-0.15, -0.1) is 0 Å². The second-order valence-electron chi connectivity index (χ2n) is 8.47. The predicted octanol–water partition coefficient (Wildman–Crippen LogP) is 3.16. The van der Waals surface area contributed by atoms with Crippen molar-refractivity contribution >= 4 is 16.9 Å². The zero-order valence-electron chi connectivity index (χ0n) is 18.2. The summed E-state index contributed by atoms with van der Waals surface area (Å²) in [7, 11) is 0. The van der Waals surface area contributed by atoms with Gasteiger partial charge in [0.25, 0.3) is 0 Å². The molecule has 1 aliphatic carbocycles. The summed E-state index contributed by atoms with van der Waals surface area (Å²) in [5.41, 5.74) is 6.93. The number of nitrogen functional groups attached to an aromatic ring is 1. The number of nitrogens with two attached hydrogens (primary N) is 1. The number of anilines is 1. The Kier molecular flexibility index (Phi) is 5.83. The van der Waals surface area contributed by atoms with Crippen LogP contribution in [-0.2, 0) is 6.54 Å². The molecule has 9 heteroatoms. The van der Waals surface area contributed by atoms with Crippen LogP contribution in [0, 0.1) is 17.8 Å². The van der Waals surface area contributed by atoms with E-state index in [1.165, 1.54) is 32.1 Å². The number of rotatable bonds is 5. The average Bonchev–Trinajstić information content (AvgIpc) is 3.34. The standard InChI is InChI=1S/C22H28N6O3/c1-4-28-19-16(30-13-14-8-6-5-7-9-14)12-24-15(10-11-22(2,3)29)17(19)25-21(28)18-20(23)27-31-26-18/h12,14,29H,4-9,13H2,1-3H3,(H2,23,27). The fraction of sp³-hybridized carbons (Fsp3) is 0.545. The number of nitrogens with zero attached hydrogens (tertiary/aromatic N) is 5. The Morgan fingerprint density at radius 1 is 1.29 bits per heavy atom. The van der Waals surface area contributed by atoms with E-state index in [0.717, 1.165) is 5.52 Å². The first-order chi connectivity index (χ1) is 14.9. The van der Waals surface area contributed by atoms with Crippen LogP contribution in [0.25, 0.3) is 22.6 Å². The van der Waals surface area contributed by atoms with Crippen molar-refractivity contribution in [1.29, 1.82) is 0 Å². The molecule has 1 fully saturated rings. The molecule has 9 nitrogen and oxygen atoms in total. The molecule has 3 aromatic heterocycles. The zero-order chi connectivity index (χ0) is 22.0. The zero-order valence-corrected chi connectivity index (χ0v) is 18.2. The molecule has 1 saturated carbocycles. The molecule has 3 N–H and O–H groups in total. The molecule has 0 amide bonds. The normalized spacial score (nSPS) is 15.1. The largest absolute Gasteiger partial charge is 0.489 e. The summed E-state index contributed by atoms with van der Waals surface area (Å²) < 4.78 is 13.0. The minimum Gasteiger partial charge on any atom is -0.489 e. The fourth-order valence-corrected chi connectivity index (χ4v) is 3.92. The molecule has 0 bridgehead atoms. The highest BCUT2D eigenvalue weighted by Crippen LogP contribution is 2.34. The Labute approximate surface area is 181 Å². The van der Waals surface area contributed by atoms with Crippen molar-refractivity contribution in [3.05, 3.63) is 11.9 Å². The molecule has 3 heterocycles.